The largest absolute Gasteiger partial charge is 0.143 e. The normalized spacial score (nSPS) is 11.9. The molecule has 0 atom stereocenters. The molecule has 0 nitrogen and oxygen atoms in total. The van der Waals surface area contributed by atoms with Gasteiger partial charge in [0.2, 0.25) is 0 Å². The Balaban J connectivity index is 1.60. The van der Waals surface area contributed by atoms with Crippen LogP contribution in [0.1, 0.15) is 0 Å². The molecular weight excluding hydrogens is 473 g/mol. The molecule has 0 aliphatic carbocycles. The predicted molar refractivity (Wildman–Crippen MR) is 161 cm³/mol. The smallest absolute Gasteiger partial charge is 0.0442 e. The zero-order valence-corrected chi connectivity index (χ0v) is 21.0. The second-order valence-electron chi connectivity index (χ2n) is 9.27. The van der Waals surface area contributed by atoms with E-state index in [0.717, 1.165) is 0 Å². The van der Waals surface area contributed by atoms with Crippen molar-refractivity contribution in [1.82, 2.24) is 0 Å². The van der Waals surface area contributed by atoms with Crippen LogP contribution < -0.4 is 0 Å². The summed E-state index contributed by atoms with van der Waals surface area (Å²) >= 11 is 3.77. The molecule has 168 valence electrons. The molecular formula is C34H20S2. The van der Waals surface area contributed by atoms with E-state index in [0.29, 0.717) is 0 Å². The van der Waals surface area contributed by atoms with Gasteiger partial charge in [0.1, 0.15) is 0 Å². The monoisotopic (exact) mass is 492 g/mol. The fourth-order valence-corrected chi connectivity index (χ4v) is 8.04. The van der Waals surface area contributed by atoms with Crippen LogP contribution in [0.15, 0.2) is 121 Å². The highest BCUT2D eigenvalue weighted by atomic mass is 32.1. The van der Waals surface area contributed by atoms with Crippen molar-refractivity contribution in [3.8, 4) is 22.3 Å². The summed E-state index contributed by atoms with van der Waals surface area (Å²) in [6.45, 7) is 0. The van der Waals surface area contributed by atoms with Crippen molar-refractivity contribution in [3.63, 3.8) is 0 Å². The molecule has 0 aliphatic heterocycles. The SMILES string of the molecule is c1ccc(-c2c3ccccc3c(-c3cc4c5ccccc5sc4c4ccsc34)c3ccccc23)cc1. The number of fused-ring (bicyclic) bond motifs is 7. The zero-order valence-electron chi connectivity index (χ0n) is 19.4. The van der Waals surface area contributed by atoms with Crippen molar-refractivity contribution >= 4 is 74.5 Å². The number of thiophene rings is 2. The van der Waals surface area contributed by atoms with Crippen LogP contribution >= 0.6 is 22.7 Å². The van der Waals surface area contributed by atoms with Crippen LogP contribution in [-0.2, 0) is 0 Å². The molecule has 6 aromatic carbocycles. The van der Waals surface area contributed by atoms with Crippen molar-refractivity contribution in [3.05, 3.63) is 121 Å². The molecule has 0 amide bonds. The summed E-state index contributed by atoms with van der Waals surface area (Å²) in [6, 6.07) is 42.3. The van der Waals surface area contributed by atoms with Gasteiger partial charge in [-0.1, -0.05) is 97.1 Å². The second kappa shape index (κ2) is 7.76. The van der Waals surface area contributed by atoms with E-state index in [9.17, 15) is 0 Å². The topological polar surface area (TPSA) is 0 Å². The van der Waals surface area contributed by atoms with Crippen LogP contribution in [0.4, 0.5) is 0 Å². The van der Waals surface area contributed by atoms with Crippen molar-refractivity contribution in [1.29, 1.82) is 0 Å². The van der Waals surface area contributed by atoms with E-state index in [-0.39, 0.29) is 0 Å². The van der Waals surface area contributed by atoms with Crippen LogP contribution in [0, 0.1) is 0 Å². The maximum Gasteiger partial charge on any atom is 0.0442 e. The molecule has 0 unspecified atom stereocenters. The van der Waals surface area contributed by atoms with Crippen LogP contribution in [0.2, 0.25) is 0 Å². The minimum absolute atomic E-state index is 1.26. The van der Waals surface area contributed by atoms with E-state index in [1.807, 2.05) is 22.7 Å². The molecule has 0 aliphatic rings. The first-order chi connectivity index (χ1) is 17.9. The van der Waals surface area contributed by atoms with Crippen LogP contribution in [0.25, 0.3) is 74.1 Å². The van der Waals surface area contributed by atoms with E-state index in [1.165, 1.54) is 74.1 Å². The van der Waals surface area contributed by atoms with Crippen molar-refractivity contribution in [2.45, 2.75) is 0 Å². The number of hydrogen-bond donors (Lipinski definition) is 0. The predicted octanol–water partition coefficient (Wildman–Crippen LogP) is 10.9. The van der Waals surface area contributed by atoms with Gasteiger partial charge in [-0.2, -0.15) is 0 Å². The molecule has 2 heterocycles. The molecule has 2 aromatic heterocycles. The molecule has 8 rings (SSSR count). The third-order valence-corrected chi connectivity index (χ3v) is 9.51. The highest BCUT2D eigenvalue weighted by molar-refractivity contribution is 7.27. The lowest BCUT2D eigenvalue weighted by Crippen LogP contribution is -1.91. The van der Waals surface area contributed by atoms with E-state index in [2.05, 4.69) is 121 Å². The second-order valence-corrected chi connectivity index (χ2v) is 11.2. The lowest BCUT2D eigenvalue weighted by atomic mass is 9.85. The van der Waals surface area contributed by atoms with Gasteiger partial charge in [-0.05, 0) is 61.8 Å². The summed E-state index contributed by atoms with van der Waals surface area (Å²) in [5.74, 6) is 0. The van der Waals surface area contributed by atoms with Gasteiger partial charge in [-0.3, -0.25) is 0 Å². The van der Waals surface area contributed by atoms with E-state index in [4.69, 9.17) is 0 Å². The number of benzene rings is 6. The van der Waals surface area contributed by atoms with Crippen molar-refractivity contribution in [2.75, 3.05) is 0 Å². The molecule has 0 saturated heterocycles. The van der Waals surface area contributed by atoms with Crippen LogP contribution in [-0.4, -0.2) is 0 Å². The zero-order chi connectivity index (χ0) is 23.6. The first kappa shape index (κ1) is 20.2. The molecule has 0 bridgehead atoms. The van der Waals surface area contributed by atoms with Crippen LogP contribution in [0.3, 0.4) is 0 Å². The molecule has 0 saturated carbocycles. The highest BCUT2D eigenvalue weighted by Crippen LogP contribution is 2.49. The number of rotatable bonds is 2. The average molecular weight is 493 g/mol. The van der Waals surface area contributed by atoms with Gasteiger partial charge in [0.15, 0.2) is 0 Å². The number of hydrogen-bond acceptors (Lipinski definition) is 2. The summed E-state index contributed by atoms with van der Waals surface area (Å²) in [4.78, 5) is 0. The van der Waals surface area contributed by atoms with Gasteiger partial charge >= 0.3 is 0 Å². The van der Waals surface area contributed by atoms with Gasteiger partial charge in [0.05, 0.1) is 0 Å². The minimum Gasteiger partial charge on any atom is -0.143 e. The van der Waals surface area contributed by atoms with Crippen LogP contribution in [0.5, 0.6) is 0 Å². The Morgan fingerprint density at radius 3 is 1.69 bits per heavy atom. The summed E-state index contributed by atoms with van der Waals surface area (Å²) in [5.41, 5.74) is 5.25. The third kappa shape index (κ3) is 2.80. The maximum absolute atomic E-state index is 2.46. The van der Waals surface area contributed by atoms with Crippen molar-refractivity contribution < 1.29 is 0 Å². The highest BCUT2D eigenvalue weighted by Gasteiger charge is 2.20. The molecule has 8 aromatic rings. The summed E-state index contributed by atoms with van der Waals surface area (Å²) in [5, 5.41) is 11.6. The van der Waals surface area contributed by atoms with Gasteiger partial charge in [-0.15, -0.1) is 22.7 Å². The standard InChI is InChI=1S/C34H20S2/c1-2-10-21(11-3-1)31-23-13-4-6-15-25(23)32(26-16-7-5-14-24(26)31)29-20-28-22-12-8-9-17-30(22)36-34(28)27-18-19-35-33(27)29/h1-20H. The van der Waals surface area contributed by atoms with Gasteiger partial charge in [0, 0.05) is 35.8 Å². The van der Waals surface area contributed by atoms with E-state index < -0.39 is 0 Å². The van der Waals surface area contributed by atoms with Crippen molar-refractivity contribution in [2.24, 2.45) is 0 Å². The first-order valence-electron chi connectivity index (χ1n) is 12.2. The summed E-state index contributed by atoms with van der Waals surface area (Å²) < 4.78 is 4.12. The Hall–Kier alpha value is -3.98. The molecule has 0 spiro atoms. The third-order valence-electron chi connectivity index (χ3n) is 7.34. The molecule has 0 fully saturated rings. The molecule has 0 radical (unpaired) electrons. The Morgan fingerprint density at radius 2 is 1.00 bits per heavy atom. The molecule has 36 heavy (non-hydrogen) atoms. The Kier molecular flexibility index (Phi) is 4.36. The Bertz CT molecular complexity index is 2030. The lowest BCUT2D eigenvalue weighted by molar-refractivity contribution is 1.67. The van der Waals surface area contributed by atoms with E-state index in [1.54, 1.807) is 0 Å². The van der Waals surface area contributed by atoms with Gasteiger partial charge in [-0.25, -0.2) is 0 Å². The fourth-order valence-electron chi connectivity index (χ4n) is 5.84. The Morgan fingerprint density at radius 1 is 0.417 bits per heavy atom. The quantitative estimate of drug-likeness (QED) is 0.211. The maximum atomic E-state index is 2.46. The average Bonchev–Trinajstić information content (AvgIpc) is 3.57. The first-order valence-corrected chi connectivity index (χ1v) is 13.9. The minimum atomic E-state index is 1.26. The molecule has 2 heteroatoms. The Labute approximate surface area is 216 Å². The van der Waals surface area contributed by atoms with E-state index >= 15 is 0 Å². The fraction of sp³-hybridized carbons (Fsp3) is 0. The summed E-state index contributed by atoms with van der Waals surface area (Å²) in [6.07, 6.45) is 0. The lowest BCUT2D eigenvalue weighted by Gasteiger charge is -2.18. The molecule has 0 N–H and O–H groups in total. The van der Waals surface area contributed by atoms with Gasteiger partial charge in [0.25, 0.3) is 0 Å². The summed E-state index contributed by atoms with van der Waals surface area (Å²) in [7, 11) is 0. The van der Waals surface area contributed by atoms with Gasteiger partial charge < -0.3 is 0 Å².